The monoisotopic (exact) mass is 530 g/mol. The number of nitrogens with two attached hydrogens (primary N) is 2. The summed E-state index contributed by atoms with van der Waals surface area (Å²) in [6, 6.07) is 17.4. The molecule has 0 aromatic heterocycles. The summed E-state index contributed by atoms with van der Waals surface area (Å²) in [5, 5.41) is 0. The minimum atomic E-state index is 0.101. The molecule has 2 nitrogen and oxygen atoms in total. The van der Waals surface area contributed by atoms with Crippen LogP contribution >= 0.6 is 0 Å². The van der Waals surface area contributed by atoms with Gasteiger partial charge in [0, 0.05) is 16.8 Å². The van der Waals surface area contributed by atoms with Crippen molar-refractivity contribution in [3.05, 3.63) is 59.7 Å². The Morgan fingerprint density at radius 3 is 1.41 bits per heavy atom. The van der Waals surface area contributed by atoms with Gasteiger partial charge >= 0.3 is 0 Å². The Morgan fingerprint density at radius 2 is 0.949 bits per heavy atom. The van der Waals surface area contributed by atoms with Crippen molar-refractivity contribution in [2.24, 2.45) is 17.8 Å². The Hall–Kier alpha value is -1.96. The summed E-state index contributed by atoms with van der Waals surface area (Å²) in [4.78, 5) is 0. The Balaban J connectivity index is 1.16. The van der Waals surface area contributed by atoms with Gasteiger partial charge in [0.05, 0.1) is 0 Å². The molecule has 2 aliphatic rings. The van der Waals surface area contributed by atoms with E-state index in [-0.39, 0.29) is 5.41 Å². The van der Waals surface area contributed by atoms with Gasteiger partial charge in [0.2, 0.25) is 0 Å². The van der Waals surface area contributed by atoms with Crippen LogP contribution in [0.1, 0.15) is 146 Å². The van der Waals surface area contributed by atoms with Crippen LogP contribution in [0.15, 0.2) is 48.5 Å². The molecule has 0 radical (unpaired) electrons. The molecule has 0 spiro atoms. The van der Waals surface area contributed by atoms with E-state index in [9.17, 15) is 0 Å². The lowest BCUT2D eigenvalue weighted by molar-refractivity contribution is 0.140. The van der Waals surface area contributed by atoms with Crippen molar-refractivity contribution in [1.82, 2.24) is 0 Å². The lowest BCUT2D eigenvalue weighted by Crippen LogP contribution is -2.36. The summed E-state index contributed by atoms with van der Waals surface area (Å²) >= 11 is 0. The van der Waals surface area contributed by atoms with Crippen LogP contribution in [0.25, 0.3) is 0 Å². The zero-order valence-electron chi connectivity index (χ0n) is 25.1. The largest absolute Gasteiger partial charge is 0.399 e. The number of unbranched alkanes of at least 4 members (excludes halogenated alkanes) is 10. The average molecular weight is 531 g/mol. The van der Waals surface area contributed by atoms with Crippen molar-refractivity contribution in [3.8, 4) is 0 Å². The van der Waals surface area contributed by atoms with Crippen LogP contribution in [0.2, 0.25) is 0 Å². The maximum atomic E-state index is 6.05. The lowest BCUT2D eigenvalue weighted by Gasteiger charge is -2.44. The quantitative estimate of drug-likeness (QED) is 0.178. The molecule has 4 rings (SSSR count). The van der Waals surface area contributed by atoms with Crippen molar-refractivity contribution in [3.63, 3.8) is 0 Å². The average Bonchev–Trinajstić information content (AvgIpc) is 2.97. The van der Waals surface area contributed by atoms with Gasteiger partial charge in [-0.25, -0.2) is 0 Å². The van der Waals surface area contributed by atoms with Crippen LogP contribution in [0.5, 0.6) is 0 Å². The second-order valence-electron chi connectivity index (χ2n) is 13.3. The van der Waals surface area contributed by atoms with Gasteiger partial charge in [-0.05, 0) is 91.7 Å². The van der Waals surface area contributed by atoms with Crippen molar-refractivity contribution in [2.75, 3.05) is 11.5 Å². The Kier molecular flexibility index (Phi) is 12.1. The van der Waals surface area contributed by atoms with E-state index in [2.05, 4.69) is 55.5 Å². The number of hydrogen-bond acceptors (Lipinski definition) is 2. The predicted molar refractivity (Wildman–Crippen MR) is 171 cm³/mol. The maximum Gasteiger partial charge on any atom is 0.0314 e. The molecule has 0 amide bonds. The number of anilines is 2. The van der Waals surface area contributed by atoms with Crippen LogP contribution < -0.4 is 11.5 Å². The van der Waals surface area contributed by atoms with Crippen molar-refractivity contribution >= 4 is 11.4 Å². The van der Waals surface area contributed by atoms with Gasteiger partial charge in [0.15, 0.2) is 0 Å². The van der Waals surface area contributed by atoms with Gasteiger partial charge in [-0.3, -0.25) is 0 Å². The molecule has 216 valence electrons. The summed E-state index contributed by atoms with van der Waals surface area (Å²) in [6.45, 7) is 2.31. The zero-order valence-corrected chi connectivity index (χ0v) is 25.1. The van der Waals surface area contributed by atoms with Gasteiger partial charge in [-0.15, -0.1) is 0 Å². The van der Waals surface area contributed by atoms with Crippen molar-refractivity contribution in [1.29, 1.82) is 0 Å². The zero-order chi connectivity index (χ0) is 27.3. The second-order valence-corrected chi connectivity index (χ2v) is 13.3. The summed E-state index contributed by atoms with van der Waals surface area (Å²) in [5.41, 5.74) is 16.8. The molecular weight excluding hydrogens is 472 g/mol. The molecule has 2 heteroatoms. The minimum absolute atomic E-state index is 0.101. The third kappa shape index (κ3) is 8.76. The molecule has 0 unspecified atom stereocenters. The molecule has 2 saturated carbocycles. The van der Waals surface area contributed by atoms with Crippen molar-refractivity contribution < 1.29 is 0 Å². The fourth-order valence-corrected chi connectivity index (χ4v) is 8.00. The first kappa shape index (κ1) is 30.0. The van der Waals surface area contributed by atoms with E-state index in [1.54, 1.807) is 0 Å². The molecule has 0 bridgehead atoms. The van der Waals surface area contributed by atoms with Gasteiger partial charge in [-0.1, -0.05) is 121 Å². The topological polar surface area (TPSA) is 52.0 Å². The van der Waals surface area contributed by atoms with Gasteiger partial charge in [0.1, 0.15) is 0 Å². The number of benzene rings is 2. The van der Waals surface area contributed by atoms with Crippen LogP contribution in [-0.2, 0) is 5.41 Å². The molecule has 39 heavy (non-hydrogen) atoms. The highest BCUT2D eigenvalue weighted by molar-refractivity contribution is 5.49. The van der Waals surface area contributed by atoms with Gasteiger partial charge in [0.25, 0.3) is 0 Å². The Morgan fingerprint density at radius 1 is 0.538 bits per heavy atom. The number of rotatable bonds is 15. The normalized spacial score (nSPS) is 21.7. The third-order valence-corrected chi connectivity index (χ3v) is 10.6. The van der Waals surface area contributed by atoms with Gasteiger partial charge in [-0.2, -0.15) is 0 Å². The van der Waals surface area contributed by atoms with E-state index in [0.29, 0.717) is 0 Å². The molecule has 0 atom stereocenters. The first-order valence-electron chi connectivity index (χ1n) is 16.8. The molecule has 0 aliphatic heterocycles. The smallest absolute Gasteiger partial charge is 0.0314 e. The highest BCUT2D eigenvalue weighted by Crippen LogP contribution is 2.50. The standard InChI is InChI=1S/C37H58N2/c1-2-3-4-5-6-7-8-9-10-11-12-13-30-14-16-31(17-15-30)32-26-28-37(29-27-32,33-18-22-35(38)23-19-33)34-20-24-36(39)25-21-34/h18-25,30-32H,2-17,26-29,38-39H2,1H3. The van der Waals surface area contributed by atoms with E-state index in [4.69, 9.17) is 11.5 Å². The highest BCUT2D eigenvalue weighted by Gasteiger charge is 2.40. The summed E-state index contributed by atoms with van der Waals surface area (Å²) in [5.74, 6) is 2.87. The van der Waals surface area contributed by atoms with Gasteiger partial charge < -0.3 is 11.5 Å². The van der Waals surface area contributed by atoms with Crippen LogP contribution in [0.4, 0.5) is 11.4 Å². The molecule has 0 saturated heterocycles. The number of nitrogen functional groups attached to an aromatic ring is 2. The molecule has 2 aromatic rings. The predicted octanol–water partition coefficient (Wildman–Crippen LogP) is 10.8. The third-order valence-electron chi connectivity index (χ3n) is 10.6. The Bertz CT molecular complexity index is 867. The van der Waals surface area contributed by atoms with E-state index in [1.165, 1.54) is 140 Å². The molecule has 4 N–H and O–H groups in total. The molecule has 2 aliphatic carbocycles. The van der Waals surface area contributed by atoms with E-state index in [1.807, 2.05) is 0 Å². The number of hydrogen-bond donors (Lipinski definition) is 2. The van der Waals surface area contributed by atoms with E-state index in [0.717, 1.165) is 29.1 Å². The summed E-state index contributed by atoms with van der Waals surface area (Å²) in [7, 11) is 0. The fraction of sp³-hybridized carbons (Fsp3) is 0.676. The van der Waals surface area contributed by atoms with Crippen LogP contribution in [0, 0.1) is 17.8 Å². The Labute approximate surface area is 240 Å². The van der Waals surface area contributed by atoms with Crippen molar-refractivity contribution in [2.45, 2.75) is 141 Å². The maximum absolute atomic E-state index is 6.05. The SMILES string of the molecule is CCCCCCCCCCCCCC1CCC(C2CCC(c3ccc(N)cc3)(c3ccc(N)cc3)CC2)CC1. The lowest BCUT2D eigenvalue weighted by atomic mass is 9.60. The second kappa shape index (κ2) is 15.7. The van der Waals surface area contributed by atoms with Crippen LogP contribution in [0.3, 0.4) is 0 Å². The molecule has 2 aromatic carbocycles. The first-order valence-corrected chi connectivity index (χ1v) is 16.8. The first-order chi connectivity index (χ1) is 19.1. The molecule has 2 fully saturated rings. The highest BCUT2D eigenvalue weighted by atomic mass is 14.6. The van der Waals surface area contributed by atoms with E-state index < -0.39 is 0 Å². The summed E-state index contributed by atoms with van der Waals surface area (Å²) in [6.07, 6.45) is 28.6. The molecular formula is C37H58N2. The minimum Gasteiger partial charge on any atom is -0.399 e. The fourth-order valence-electron chi connectivity index (χ4n) is 8.00. The van der Waals surface area contributed by atoms with E-state index >= 15 is 0 Å². The molecule has 0 heterocycles. The summed E-state index contributed by atoms with van der Waals surface area (Å²) < 4.78 is 0. The van der Waals surface area contributed by atoms with Crippen LogP contribution in [-0.4, -0.2) is 0 Å².